The molecule has 4 nitrogen and oxygen atoms in total. The van der Waals surface area contributed by atoms with E-state index in [1.807, 2.05) is 6.26 Å². The molecule has 1 aromatic rings. The summed E-state index contributed by atoms with van der Waals surface area (Å²) in [5, 5.41) is 4.14. The Labute approximate surface area is 130 Å². The lowest BCUT2D eigenvalue weighted by atomic mass is 10.1. The first-order valence-electron chi connectivity index (χ1n) is 7.10. The fourth-order valence-corrected chi connectivity index (χ4v) is 3.66. The molecule has 1 N–H and O–H groups in total. The van der Waals surface area contributed by atoms with Crippen LogP contribution in [0.1, 0.15) is 27.2 Å². The molecule has 2 heterocycles. The Morgan fingerprint density at radius 1 is 1.40 bits per heavy atom. The molecule has 0 aliphatic carbocycles. The average Bonchev–Trinajstić information content (AvgIpc) is 2.59. The molecule has 0 aromatic carbocycles. The fraction of sp³-hybridized carbons (Fsp3) is 0.714. The third kappa shape index (κ3) is 4.19. The predicted octanol–water partition coefficient (Wildman–Crippen LogP) is 3.35. The van der Waals surface area contributed by atoms with E-state index >= 15 is 0 Å². The van der Waals surface area contributed by atoms with Gasteiger partial charge >= 0.3 is 0 Å². The molecule has 0 radical (unpaired) electrons. The normalized spacial score (nSPS) is 18.7. The SMILES string of the molecule is CCNc1cc(N2CCSC(C)(C)CC2)nc(SC)n1. The lowest BCUT2D eigenvalue weighted by molar-refractivity contribution is 0.633. The Bertz CT molecular complexity index is 451. The van der Waals surface area contributed by atoms with Gasteiger partial charge in [-0.3, -0.25) is 0 Å². The molecule has 1 aromatic heterocycles. The van der Waals surface area contributed by atoms with Crippen LogP contribution >= 0.6 is 23.5 Å². The molecule has 1 saturated heterocycles. The van der Waals surface area contributed by atoms with Crippen molar-refractivity contribution in [2.75, 3.05) is 41.9 Å². The van der Waals surface area contributed by atoms with E-state index in [9.17, 15) is 0 Å². The van der Waals surface area contributed by atoms with Crippen LogP contribution in [0.5, 0.6) is 0 Å². The summed E-state index contributed by atoms with van der Waals surface area (Å²) < 4.78 is 0.370. The quantitative estimate of drug-likeness (QED) is 0.679. The highest BCUT2D eigenvalue weighted by molar-refractivity contribution is 8.00. The summed E-state index contributed by atoms with van der Waals surface area (Å²) in [5.74, 6) is 3.14. The maximum atomic E-state index is 4.68. The van der Waals surface area contributed by atoms with E-state index in [2.05, 4.69) is 58.8 Å². The third-order valence-electron chi connectivity index (χ3n) is 3.39. The van der Waals surface area contributed by atoms with Crippen LogP contribution in [0.2, 0.25) is 0 Å². The number of thioether (sulfide) groups is 2. The summed E-state index contributed by atoms with van der Waals surface area (Å²) in [6.07, 6.45) is 3.21. The molecule has 6 heteroatoms. The number of hydrogen-bond acceptors (Lipinski definition) is 6. The van der Waals surface area contributed by atoms with Crippen molar-refractivity contribution in [2.24, 2.45) is 0 Å². The maximum absolute atomic E-state index is 4.68. The summed E-state index contributed by atoms with van der Waals surface area (Å²) in [4.78, 5) is 11.6. The van der Waals surface area contributed by atoms with E-state index < -0.39 is 0 Å². The van der Waals surface area contributed by atoms with E-state index in [4.69, 9.17) is 0 Å². The van der Waals surface area contributed by atoms with Gasteiger partial charge in [-0.25, -0.2) is 9.97 Å². The first-order valence-corrected chi connectivity index (χ1v) is 9.31. The van der Waals surface area contributed by atoms with Gasteiger partial charge in [-0.1, -0.05) is 25.6 Å². The van der Waals surface area contributed by atoms with Crippen LogP contribution in [0, 0.1) is 0 Å². The van der Waals surface area contributed by atoms with E-state index in [0.29, 0.717) is 4.75 Å². The van der Waals surface area contributed by atoms with E-state index in [1.165, 1.54) is 6.42 Å². The van der Waals surface area contributed by atoms with Gasteiger partial charge in [0.1, 0.15) is 11.6 Å². The smallest absolute Gasteiger partial charge is 0.191 e. The van der Waals surface area contributed by atoms with Crippen LogP contribution < -0.4 is 10.2 Å². The molecular formula is C14H24N4S2. The average molecular weight is 313 g/mol. The van der Waals surface area contributed by atoms with Gasteiger partial charge in [-0.2, -0.15) is 11.8 Å². The van der Waals surface area contributed by atoms with Gasteiger partial charge in [0.05, 0.1) is 0 Å². The van der Waals surface area contributed by atoms with E-state index in [-0.39, 0.29) is 0 Å². The van der Waals surface area contributed by atoms with Crippen LogP contribution in [-0.2, 0) is 0 Å². The topological polar surface area (TPSA) is 41.0 Å². The summed E-state index contributed by atoms with van der Waals surface area (Å²) in [6, 6.07) is 2.08. The summed E-state index contributed by atoms with van der Waals surface area (Å²) in [5.41, 5.74) is 0. The number of hydrogen-bond donors (Lipinski definition) is 1. The Morgan fingerprint density at radius 3 is 2.90 bits per heavy atom. The van der Waals surface area contributed by atoms with Gasteiger partial charge in [0.15, 0.2) is 5.16 Å². The molecule has 0 amide bonds. The minimum absolute atomic E-state index is 0.370. The largest absolute Gasteiger partial charge is 0.370 e. The van der Waals surface area contributed by atoms with Crippen LogP contribution in [0.3, 0.4) is 0 Å². The van der Waals surface area contributed by atoms with Gasteiger partial charge in [0.25, 0.3) is 0 Å². The van der Waals surface area contributed by atoms with Crippen molar-refractivity contribution in [3.05, 3.63) is 6.07 Å². The van der Waals surface area contributed by atoms with Gasteiger partial charge in [-0.15, -0.1) is 0 Å². The molecule has 20 heavy (non-hydrogen) atoms. The Balaban J connectivity index is 2.20. The lowest BCUT2D eigenvalue weighted by Crippen LogP contribution is -2.28. The van der Waals surface area contributed by atoms with Crippen LogP contribution in [-0.4, -0.2) is 46.4 Å². The van der Waals surface area contributed by atoms with E-state index in [0.717, 1.165) is 42.2 Å². The second kappa shape index (κ2) is 6.89. The van der Waals surface area contributed by atoms with Crippen LogP contribution in [0.25, 0.3) is 0 Å². The summed E-state index contributed by atoms with van der Waals surface area (Å²) in [7, 11) is 0. The third-order valence-corrected chi connectivity index (χ3v) is 5.31. The van der Waals surface area contributed by atoms with Crippen molar-refractivity contribution in [2.45, 2.75) is 37.1 Å². The van der Waals surface area contributed by atoms with Crippen molar-refractivity contribution in [3.63, 3.8) is 0 Å². The Hall–Kier alpha value is -0.620. The predicted molar refractivity (Wildman–Crippen MR) is 91.3 cm³/mol. The number of nitrogens with zero attached hydrogens (tertiary/aromatic N) is 3. The summed E-state index contributed by atoms with van der Waals surface area (Å²) in [6.45, 7) is 9.76. The lowest BCUT2D eigenvalue weighted by Gasteiger charge is -2.24. The standard InChI is InChI=1S/C14H24N4S2/c1-5-15-11-10-12(17-13(16-11)19-4)18-7-6-14(2,3)20-9-8-18/h10H,5-9H2,1-4H3,(H,15,16,17). The van der Waals surface area contributed by atoms with Crippen molar-refractivity contribution in [3.8, 4) is 0 Å². The van der Waals surface area contributed by atoms with Crippen LogP contribution in [0.4, 0.5) is 11.6 Å². The van der Waals surface area contributed by atoms with Crippen molar-refractivity contribution in [1.82, 2.24) is 9.97 Å². The highest BCUT2D eigenvalue weighted by Gasteiger charge is 2.24. The number of nitrogens with one attached hydrogen (secondary N) is 1. The van der Waals surface area contributed by atoms with Crippen molar-refractivity contribution in [1.29, 1.82) is 0 Å². The second-order valence-corrected chi connectivity index (χ2v) is 8.05. The fourth-order valence-electron chi connectivity index (χ4n) is 2.19. The highest BCUT2D eigenvalue weighted by atomic mass is 32.2. The monoisotopic (exact) mass is 312 g/mol. The minimum Gasteiger partial charge on any atom is -0.370 e. The van der Waals surface area contributed by atoms with Crippen molar-refractivity contribution < 1.29 is 0 Å². The van der Waals surface area contributed by atoms with E-state index in [1.54, 1.807) is 11.8 Å². The molecule has 1 aliphatic rings. The Morgan fingerprint density at radius 2 is 2.20 bits per heavy atom. The molecule has 1 aliphatic heterocycles. The molecule has 0 spiro atoms. The molecule has 112 valence electrons. The van der Waals surface area contributed by atoms with Gasteiger partial charge < -0.3 is 10.2 Å². The number of aromatic nitrogens is 2. The Kier molecular flexibility index (Phi) is 5.43. The highest BCUT2D eigenvalue weighted by Crippen LogP contribution is 2.32. The summed E-state index contributed by atoms with van der Waals surface area (Å²) >= 11 is 3.66. The first-order chi connectivity index (χ1) is 9.54. The van der Waals surface area contributed by atoms with Gasteiger partial charge in [-0.05, 0) is 19.6 Å². The zero-order chi connectivity index (χ0) is 14.6. The molecule has 0 atom stereocenters. The second-order valence-electron chi connectivity index (χ2n) is 5.47. The minimum atomic E-state index is 0.370. The number of rotatable bonds is 4. The maximum Gasteiger partial charge on any atom is 0.191 e. The molecular weight excluding hydrogens is 288 g/mol. The zero-order valence-corrected chi connectivity index (χ0v) is 14.4. The van der Waals surface area contributed by atoms with Gasteiger partial charge in [0, 0.05) is 36.2 Å². The van der Waals surface area contributed by atoms with Crippen LogP contribution in [0.15, 0.2) is 11.2 Å². The zero-order valence-electron chi connectivity index (χ0n) is 12.8. The molecule has 0 saturated carbocycles. The molecule has 1 fully saturated rings. The molecule has 2 rings (SSSR count). The number of anilines is 2. The van der Waals surface area contributed by atoms with Crippen molar-refractivity contribution >= 4 is 35.2 Å². The first kappa shape index (κ1) is 15.8. The molecule has 0 bridgehead atoms. The molecule has 0 unspecified atom stereocenters. The van der Waals surface area contributed by atoms with Gasteiger partial charge in [0.2, 0.25) is 0 Å².